The number of rotatable bonds is 3. The molecule has 0 radical (unpaired) electrons. The molecule has 0 spiro atoms. The van der Waals surface area contributed by atoms with Crippen molar-refractivity contribution in [2.75, 3.05) is 16.3 Å². The Kier molecular flexibility index (Phi) is 5.08. The number of hydrogen-bond donors (Lipinski definition) is 0. The van der Waals surface area contributed by atoms with Gasteiger partial charge in [-0.15, -0.1) is 0 Å². The van der Waals surface area contributed by atoms with E-state index in [1.54, 1.807) is 9.80 Å². The minimum atomic E-state index is -0.673. The average molecular weight is 455 g/mol. The maximum absolute atomic E-state index is 13.7. The Morgan fingerprint density at radius 1 is 1.00 bits per heavy atom. The quantitative estimate of drug-likeness (QED) is 0.542. The van der Waals surface area contributed by atoms with Crippen LogP contribution in [0, 0.1) is 13.8 Å². The smallest absolute Gasteiger partial charge is 0.255 e. The van der Waals surface area contributed by atoms with Gasteiger partial charge in [-0.05, 0) is 71.6 Å². The number of halogens is 1. The minimum Gasteiger partial charge on any atom is -0.300 e. The summed E-state index contributed by atoms with van der Waals surface area (Å²) >= 11 is 4.95. The van der Waals surface area contributed by atoms with Crippen molar-refractivity contribution >= 4 is 50.5 Å². The van der Waals surface area contributed by atoms with Gasteiger partial charge in [-0.1, -0.05) is 34.1 Å². The van der Waals surface area contributed by atoms with Gasteiger partial charge in [0.05, 0.1) is 5.69 Å². The van der Waals surface area contributed by atoms with Crippen molar-refractivity contribution in [3.8, 4) is 0 Å². The van der Waals surface area contributed by atoms with Crippen LogP contribution in [-0.2, 0) is 9.59 Å². The molecule has 0 aliphatic carbocycles. The number of anilines is 2. The number of para-hydroxylation sites is 1. The van der Waals surface area contributed by atoms with Crippen LogP contribution >= 0.6 is 27.3 Å². The first-order valence-electron chi connectivity index (χ1n) is 8.94. The third kappa shape index (κ3) is 3.27. The van der Waals surface area contributed by atoms with Crippen LogP contribution in [0.4, 0.5) is 11.4 Å². The molecule has 1 atom stereocenters. The van der Waals surface area contributed by atoms with Crippen LogP contribution in [0.25, 0.3) is 0 Å². The maximum Gasteiger partial charge on any atom is 0.255 e. The van der Waals surface area contributed by atoms with Gasteiger partial charge in [0.2, 0.25) is 5.91 Å². The molecule has 0 saturated carbocycles. The maximum atomic E-state index is 13.7. The summed E-state index contributed by atoms with van der Waals surface area (Å²) in [4.78, 5) is 30.2. The SMILES string of the molecule is Cc1cccc(C)c1N1CC(=O)N(c2ccc(Br)cc2)C(c2ccsc2)C1=O. The van der Waals surface area contributed by atoms with Gasteiger partial charge in [-0.25, -0.2) is 0 Å². The predicted octanol–water partition coefficient (Wildman–Crippen LogP) is 5.25. The lowest BCUT2D eigenvalue weighted by atomic mass is 10.00. The summed E-state index contributed by atoms with van der Waals surface area (Å²) in [6.07, 6.45) is 0. The lowest BCUT2D eigenvalue weighted by Gasteiger charge is -2.41. The number of nitrogens with zero attached hydrogens (tertiary/aromatic N) is 2. The molecule has 0 N–H and O–H groups in total. The molecule has 142 valence electrons. The number of benzene rings is 2. The summed E-state index contributed by atoms with van der Waals surface area (Å²) < 4.78 is 0.927. The van der Waals surface area contributed by atoms with E-state index in [2.05, 4.69) is 15.9 Å². The molecule has 6 heteroatoms. The van der Waals surface area contributed by atoms with Crippen molar-refractivity contribution in [1.82, 2.24) is 0 Å². The topological polar surface area (TPSA) is 40.6 Å². The van der Waals surface area contributed by atoms with Crippen LogP contribution < -0.4 is 9.80 Å². The lowest BCUT2D eigenvalue weighted by Crippen LogP contribution is -2.56. The number of carbonyl (C=O) groups is 2. The molecule has 1 fully saturated rings. The van der Waals surface area contributed by atoms with E-state index in [1.165, 1.54) is 11.3 Å². The molecule has 28 heavy (non-hydrogen) atoms. The fraction of sp³-hybridized carbons (Fsp3) is 0.182. The van der Waals surface area contributed by atoms with Crippen LogP contribution in [0.2, 0.25) is 0 Å². The van der Waals surface area contributed by atoms with E-state index < -0.39 is 6.04 Å². The standard InChI is InChI=1S/C22H19BrN2O2S/c1-14-4-3-5-15(2)20(14)24-12-19(26)25(18-8-6-17(23)7-9-18)21(22(24)27)16-10-11-28-13-16/h3-11,13,21H,12H2,1-2H3. The number of piperazine rings is 1. The molecular formula is C22H19BrN2O2S. The highest BCUT2D eigenvalue weighted by atomic mass is 79.9. The highest BCUT2D eigenvalue weighted by molar-refractivity contribution is 9.10. The Morgan fingerprint density at radius 3 is 2.29 bits per heavy atom. The molecule has 0 bridgehead atoms. The summed E-state index contributed by atoms with van der Waals surface area (Å²) in [6, 6.07) is 14.7. The number of hydrogen-bond acceptors (Lipinski definition) is 3. The van der Waals surface area contributed by atoms with Gasteiger partial charge in [0.15, 0.2) is 0 Å². The molecule has 4 rings (SSSR count). The number of amides is 2. The molecular weight excluding hydrogens is 436 g/mol. The van der Waals surface area contributed by atoms with Gasteiger partial charge in [0, 0.05) is 10.2 Å². The molecule has 1 unspecified atom stereocenters. The molecule has 1 aliphatic rings. The average Bonchev–Trinajstić information content (AvgIpc) is 3.19. The van der Waals surface area contributed by atoms with Crippen LogP contribution in [-0.4, -0.2) is 18.4 Å². The van der Waals surface area contributed by atoms with Crippen molar-refractivity contribution in [1.29, 1.82) is 0 Å². The Balaban J connectivity index is 1.83. The Bertz CT molecular complexity index is 1010. The molecule has 4 nitrogen and oxygen atoms in total. The lowest BCUT2D eigenvalue weighted by molar-refractivity contribution is -0.128. The van der Waals surface area contributed by atoms with Crippen molar-refractivity contribution in [2.45, 2.75) is 19.9 Å². The van der Waals surface area contributed by atoms with E-state index in [1.807, 2.05) is 73.1 Å². The zero-order valence-electron chi connectivity index (χ0n) is 15.6. The number of carbonyl (C=O) groups excluding carboxylic acids is 2. The first-order valence-corrected chi connectivity index (χ1v) is 10.7. The van der Waals surface area contributed by atoms with Gasteiger partial charge in [0.25, 0.3) is 5.91 Å². The minimum absolute atomic E-state index is 0.0290. The van der Waals surface area contributed by atoms with Crippen molar-refractivity contribution in [3.63, 3.8) is 0 Å². The monoisotopic (exact) mass is 454 g/mol. The third-order valence-corrected chi connectivity index (χ3v) is 6.22. The number of thiophene rings is 1. The molecule has 2 aromatic carbocycles. The van der Waals surface area contributed by atoms with Crippen LogP contribution in [0.5, 0.6) is 0 Å². The molecule has 1 aliphatic heterocycles. The predicted molar refractivity (Wildman–Crippen MR) is 117 cm³/mol. The highest BCUT2D eigenvalue weighted by Crippen LogP contribution is 2.37. The molecule has 1 aromatic heterocycles. The fourth-order valence-corrected chi connectivity index (χ4v) is 4.67. The normalized spacial score (nSPS) is 17.3. The zero-order valence-corrected chi connectivity index (χ0v) is 18.0. The van der Waals surface area contributed by atoms with E-state index in [4.69, 9.17) is 0 Å². The Hall–Kier alpha value is -2.44. The molecule has 2 heterocycles. The van der Waals surface area contributed by atoms with E-state index >= 15 is 0 Å². The highest BCUT2D eigenvalue weighted by Gasteiger charge is 2.42. The summed E-state index contributed by atoms with van der Waals surface area (Å²) in [5.41, 5.74) is 4.36. The number of aryl methyl sites for hydroxylation is 2. The Labute approximate surface area is 176 Å². The van der Waals surface area contributed by atoms with E-state index in [0.717, 1.165) is 32.5 Å². The first-order chi connectivity index (χ1) is 13.5. The second-order valence-corrected chi connectivity index (χ2v) is 8.56. The van der Waals surface area contributed by atoms with E-state index in [-0.39, 0.29) is 18.4 Å². The largest absolute Gasteiger partial charge is 0.300 e. The van der Waals surface area contributed by atoms with Gasteiger partial charge >= 0.3 is 0 Å². The van der Waals surface area contributed by atoms with Gasteiger partial charge in [-0.2, -0.15) is 11.3 Å². The fourth-order valence-electron chi connectivity index (χ4n) is 3.73. The molecule has 2 amide bonds. The van der Waals surface area contributed by atoms with Crippen molar-refractivity contribution in [2.24, 2.45) is 0 Å². The van der Waals surface area contributed by atoms with Crippen molar-refractivity contribution < 1.29 is 9.59 Å². The molecule has 1 saturated heterocycles. The summed E-state index contributed by atoms with van der Waals surface area (Å²) in [6.45, 7) is 3.97. The summed E-state index contributed by atoms with van der Waals surface area (Å²) in [7, 11) is 0. The van der Waals surface area contributed by atoms with Gasteiger partial charge in [-0.3, -0.25) is 14.5 Å². The Morgan fingerprint density at radius 2 is 1.68 bits per heavy atom. The van der Waals surface area contributed by atoms with E-state index in [9.17, 15) is 9.59 Å². The van der Waals surface area contributed by atoms with Crippen LogP contribution in [0.1, 0.15) is 22.7 Å². The molecule has 3 aromatic rings. The second kappa shape index (κ2) is 7.53. The van der Waals surface area contributed by atoms with Crippen LogP contribution in [0.15, 0.2) is 63.8 Å². The van der Waals surface area contributed by atoms with Gasteiger partial charge in [0.1, 0.15) is 12.6 Å². The van der Waals surface area contributed by atoms with Crippen molar-refractivity contribution in [3.05, 3.63) is 80.5 Å². The first kappa shape index (κ1) is 18.9. The summed E-state index contributed by atoms with van der Waals surface area (Å²) in [5.74, 6) is -0.181. The second-order valence-electron chi connectivity index (χ2n) is 6.86. The zero-order chi connectivity index (χ0) is 19.8. The van der Waals surface area contributed by atoms with Gasteiger partial charge < -0.3 is 4.90 Å². The van der Waals surface area contributed by atoms with E-state index in [0.29, 0.717) is 0 Å². The third-order valence-electron chi connectivity index (χ3n) is 4.99. The van der Waals surface area contributed by atoms with Crippen LogP contribution in [0.3, 0.4) is 0 Å². The summed E-state index contributed by atoms with van der Waals surface area (Å²) in [5, 5.41) is 3.88.